The fraction of sp³-hybridized carbons (Fsp3) is 0.0667. The zero-order chi connectivity index (χ0) is 13.9. The third kappa shape index (κ3) is 2.47. The van der Waals surface area contributed by atoms with E-state index in [0.29, 0.717) is 5.69 Å². The Labute approximate surface area is 114 Å². The highest BCUT2D eigenvalue weighted by Crippen LogP contribution is 2.25. The number of benzene rings is 2. The second-order valence-corrected chi connectivity index (χ2v) is 4.37. The molecule has 0 amide bonds. The van der Waals surface area contributed by atoms with Gasteiger partial charge in [-0.25, -0.2) is 0 Å². The molecule has 0 radical (unpaired) electrons. The van der Waals surface area contributed by atoms with Gasteiger partial charge in [-0.15, -0.1) is 0 Å². The Bertz CT molecular complexity index is 759. The fourth-order valence-electron chi connectivity index (χ4n) is 2.05. The average molecular weight is 268 g/mol. The van der Waals surface area contributed by atoms with Crippen molar-refractivity contribution in [2.45, 2.75) is 6.42 Å². The molecule has 0 aliphatic carbocycles. The van der Waals surface area contributed by atoms with Crippen LogP contribution in [0.1, 0.15) is 5.69 Å². The van der Waals surface area contributed by atoms with Crippen LogP contribution < -0.4 is 5.32 Å². The first-order valence-corrected chi connectivity index (χ1v) is 6.13. The molecule has 0 saturated carbocycles. The van der Waals surface area contributed by atoms with Gasteiger partial charge in [-0.2, -0.15) is 4.98 Å². The highest BCUT2D eigenvalue weighted by molar-refractivity contribution is 5.94. The van der Waals surface area contributed by atoms with Gasteiger partial charge in [-0.1, -0.05) is 36.4 Å². The predicted molar refractivity (Wildman–Crippen MR) is 75.1 cm³/mol. The molecular formula is C15H12N2O3. The molecule has 0 aliphatic rings. The first kappa shape index (κ1) is 12.2. The molecular weight excluding hydrogens is 256 g/mol. The molecule has 5 heteroatoms. The molecule has 1 aromatic heterocycles. The zero-order valence-electron chi connectivity index (χ0n) is 10.5. The van der Waals surface area contributed by atoms with E-state index >= 15 is 0 Å². The van der Waals surface area contributed by atoms with Crippen LogP contribution in [0.3, 0.4) is 0 Å². The first-order valence-electron chi connectivity index (χ1n) is 6.13. The lowest BCUT2D eigenvalue weighted by Gasteiger charge is -2.06. The normalized spacial score (nSPS) is 10.6. The van der Waals surface area contributed by atoms with Crippen molar-refractivity contribution < 1.29 is 14.3 Å². The lowest BCUT2D eigenvalue weighted by molar-refractivity contribution is -0.136. The molecule has 0 aliphatic heterocycles. The number of carboxylic acids is 1. The molecule has 1 heterocycles. The van der Waals surface area contributed by atoms with Gasteiger partial charge in [0.15, 0.2) is 0 Å². The van der Waals surface area contributed by atoms with Crippen LogP contribution in [-0.4, -0.2) is 16.1 Å². The molecule has 20 heavy (non-hydrogen) atoms. The van der Waals surface area contributed by atoms with Crippen LogP contribution in [0.15, 0.2) is 53.1 Å². The van der Waals surface area contributed by atoms with Crippen LogP contribution in [0.25, 0.3) is 10.8 Å². The molecule has 100 valence electrons. The molecule has 2 aromatic carbocycles. The Morgan fingerprint density at radius 1 is 1.20 bits per heavy atom. The molecule has 0 spiro atoms. The number of nitrogens with zero attached hydrogens (tertiary/aromatic N) is 1. The summed E-state index contributed by atoms with van der Waals surface area (Å²) in [6, 6.07) is 14.1. The number of anilines is 2. The summed E-state index contributed by atoms with van der Waals surface area (Å²) < 4.78 is 5.23. The lowest BCUT2D eigenvalue weighted by atomic mass is 10.1. The minimum absolute atomic E-state index is 0.152. The number of carbonyl (C=O) groups is 1. The van der Waals surface area contributed by atoms with Crippen LogP contribution in [0.5, 0.6) is 0 Å². The van der Waals surface area contributed by atoms with Crippen molar-refractivity contribution in [3.05, 3.63) is 54.4 Å². The highest BCUT2D eigenvalue weighted by atomic mass is 16.4. The summed E-state index contributed by atoms with van der Waals surface area (Å²) in [6.07, 6.45) is 1.20. The standard InChI is InChI=1S/C15H12N2O3/c18-14(19)8-11-9-20-15(16-11)17-13-7-3-5-10-4-1-2-6-12(10)13/h1-7,9H,8H2,(H,16,17)(H,18,19). The van der Waals surface area contributed by atoms with Gasteiger partial charge in [-0.05, 0) is 11.5 Å². The number of rotatable bonds is 4. The van der Waals surface area contributed by atoms with E-state index in [2.05, 4.69) is 10.3 Å². The maximum Gasteiger partial charge on any atom is 0.309 e. The van der Waals surface area contributed by atoms with Gasteiger partial charge in [0, 0.05) is 5.39 Å². The van der Waals surface area contributed by atoms with Crippen LogP contribution in [-0.2, 0) is 11.2 Å². The number of fused-ring (bicyclic) bond motifs is 1. The number of nitrogens with one attached hydrogen (secondary N) is 1. The molecule has 0 fully saturated rings. The van der Waals surface area contributed by atoms with E-state index in [4.69, 9.17) is 9.52 Å². The maximum absolute atomic E-state index is 10.6. The minimum Gasteiger partial charge on any atom is -0.481 e. The number of hydrogen-bond donors (Lipinski definition) is 2. The molecule has 0 unspecified atom stereocenters. The first-order chi connectivity index (χ1) is 9.72. The minimum atomic E-state index is -0.935. The summed E-state index contributed by atoms with van der Waals surface area (Å²) in [7, 11) is 0. The number of carboxylic acid groups (broad SMARTS) is 1. The molecule has 0 atom stereocenters. The average Bonchev–Trinajstić information content (AvgIpc) is 2.86. The molecule has 2 N–H and O–H groups in total. The topological polar surface area (TPSA) is 75.4 Å². The third-order valence-corrected chi connectivity index (χ3v) is 2.92. The van der Waals surface area contributed by atoms with E-state index in [1.54, 1.807) is 0 Å². The Morgan fingerprint density at radius 2 is 2.00 bits per heavy atom. The van der Waals surface area contributed by atoms with Gasteiger partial charge >= 0.3 is 5.97 Å². The van der Waals surface area contributed by atoms with Crippen LogP contribution in [0.4, 0.5) is 11.7 Å². The van der Waals surface area contributed by atoms with Gasteiger partial charge in [0.2, 0.25) is 0 Å². The van der Waals surface area contributed by atoms with Crippen molar-refractivity contribution in [3.8, 4) is 0 Å². The van der Waals surface area contributed by atoms with Crippen molar-refractivity contribution in [1.82, 2.24) is 4.98 Å². The SMILES string of the molecule is O=C(O)Cc1coc(Nc2cccc3ccccc23)n1. The van der Waals surface area contributed by atoms with E-state index in [9.17, 15) is 4.79 Å². The van der Waals surface area contributed by atoms with Crippen molar-refractivity contribution in [2.24, 2.45) is 0 Å². The summed E-state index contributed by atoms with van der Waals surface area (Å²) in [5.74, 6) is -0.935. The number of aliphatic carboxylic acids is 1. The zero-order valence-corrected chi connectivity index (χ0v) is 10.5. The summed E-state index contributed by atoms with van der Waals surface area (Å²) in [5.41, 5.74) is 1.26. The van der Waals surface area contributed by atoms with Gasteiger partial charge in [-0.3, -0.25) is 4.79 Å². The summed E-state index contributed by atoms with van der Waals surface area (Å²) in [4.78, 5) is 14.7. The predicted octanol–water partition coefficient (Wildman–Crippen LogP) is 3.20. The van der Waals surface area contributed by atoms with Crippen LogP contribution in [0, 0.1) is 0 Å². The smallest absolute Gasteiger partial charge is 0.309 e. The van der Waals surface area contributed by atoms with E-state index in [1.165, 1.54) is 6.26 Å². The lowest BCUT2D eigenvalue weighted by Crippen LogP contribution is -2.00. The van der Waals surface area contributed by atoms with Gasteiger partial charge in [0.05, 0.1) is 17.8 Å². The van der Waals surface area contributed by atoms with Crippen LogP contribution in [0.2, 0.25) is 0 Å². The Hall–Kier alpha value is -2.82. The van der Waals surface area contributed by atoms with Crippen LogP contribution >= 0.6 is 0 Å². The summed E-state index contributed by atoms with van der Waals surface area (Å²) in [5, 5.41) is 13.9. The van der Waals surface area contributed by atoms with Gasteiger partial charge in [0.25, 0.3) is 6.01 Å². The quantitative estimate of drug-likeness (QED) is 0.760. The summed E-state index contributed by atoms with van der Waals surface area (Å²) in [6.45, 7) is 0. The molecule has 0 bridgehead atoms. The Kier molecular flexibility index (Phi) is 3.09. The van der Waals surface area contributed by atoms with Crippen molar-refractivity contribution in [2.75, 3.05) is 5.32 Å². The molecule has 0 saturated heterocycles. The molecule has 3 rings (SSSR count). The molecule has 5 nitrogen and oxygen atoms in total. The van der Waals surface area contributed by atoms with E-state index in [0.717, 1.165) is 16.5 Å². The second kappa shape index (κ2) is 5.05. The fourth-order valence-corrected chi connectivity index (χ4v) is 2.05. The Balaban J connectivity index is 1.89. The summed E-state index contributed by atoms with van der Waals surface area (Å²) >= 11 is 0. The number of oxazole rings is 1. The van der Waals surface area contributed by atoms with Crippen molar-refractivity contribution in [1.29, 1.82) is 0 Å². The van der Waals surface area contributed by atoms with Gasteiger partial charge < -0.3 is 14.8 Å². The van der Waals surface area contributed by atoms with Crippen molar-refractivity contribution in [3.63, 3.8) is 0 Å². The van der Waals surface area contributed by atoms with Gasteiger partial charge in [0.1, 0.15) is 6.26 Å². The van der Waals surface area contributed by atoms with E-state index in [-0.39, 0.29) is 12.4 Å². The largest absolute Gasteiger partial charge is 0.481 e. The van der Waals surface area contributed by atoms with E-state index < -0.39 is 5.97 Å². The number of hydrogen-bond acceptors (Lipinski definition) is 4. The number of aromatic nitrogens is 1. The molecule has 3 aromatic rings. The second-order valence-electron chi connectivity index (χ2n) is 4.37. The highest BCUT2D eigenvalue weighted by Gasteiger charge is 2.09. The Morgan fingerprint density at radius 3 is 2.85 bits per heavy atom. The van der Waals surface area contributed by atoms with Crippen molar-refractivity contribution >= 4 is 28.4 Å². The third-order valence-electron chi connectivity index (χ3n) is 2.92. The monoisotopic (exact) mass is 268 g/mol. The maximum atomic E-state index is 10.6. The van der Waals surface area contributed by atoms with E-state index in [1.807, 2.05) is 42.5 Å².